The van der Waals surface area contributed by atoms with Gasteiger partial charge in [-0.3, -0.25) is 9.59 Å². The second kappa shape index (κ2) is 7.78. The van der Waals surface area contributed by atoms with E-state index in [4.69, 9.17) is 0 Å². The van der Waals surface area contributed by atoms with Crippen LogP contribution in [0, 0.1) is 11.8 Å². The maximum atomic E-state index is 12.2. The first-order chi connectivity index (χ1) is 9.76. The summed E-state index contributed by atoms with van der Waals surface area (Å²) in [7, 11) is 0. The second-order valence-electron chi connectivity index (χ2n) is 6.74. The fraction of sp³-hybridized carbons (Fsp3) is 0.875. The summed E-state index contributed by atoms with van der Waals surface area (Å²) in [6.07, 6.45) is 3.21. The fourth-order valence-corrected chi connectivity index (χ4v) is 2.81. The van der Waals surface area contributed by atoms with Gasteiger partial charge >= 0.3 is 0 Å². The van der Waals surface area contributed by atoms with Crippen molar-refractivity contribution in [3.8, 4) is 0 Å². The van der Waals surface area contributed by atoms with Crippen LogP contribution in [0.4, 0.5) is 0 Å². The van der Waals surface area contributed by atoms with Gasteiger partial charge in [-0.1, -0.05) is 27.2 Å². The van der Waals surface area contributed by atoms with Gasteiger partial charge in [0.05, 0.1) is 11.5 Å². The van der Waals surface area contributed by atoms with Gasteiger partial charge in [-0.25, -0.2) is 0 Å². The highest BCUT2D eigenvalue weighted by atomic mass is 16.3. The maximum absolute atomic E-state index is 12.2. The normalized spacial score (nSPS) is 22.0. The summed E-state index contributed by atoms with van der Waals surface area (Å²) in [4.78, 5) is 26.0. The Morgan fingerprint density at radius 3 is 2.67 bits per heavy atom. The van der Waals surface area contributed by atoms with Crippen LogP contribution in [0.2, 0.25) is 0 Å². The Bertz CT molecular complexity index is 367. The molecule has 1 aliphatic heterocycles. The van der Waals surface area contributed by atoms with Gasteiger partial charge in [0.2, 0.25) is 11.8 Å². The molecule has 0 bridgehead atoms. The Balaban J connectivity index is 2.49. The highest BCUT2D eigenvalue weighted by molar-refractivity contribution is 5.82. The Labute approximate surface area is 128 Å². The molecule has 0 aliphatic carbocycles. The van der Waals surface area contributed by atoms with Crippen LogP contribution < -0.4 is 5.32 Å². The largest absolute Gasteiger partial charge is 0.388 e. The van der Waals surface area contributed by atoms with E-state index in [0.717, 1.165) is 25.8 Å². The van der Waals surface area contributed by atoms with E-state index in [2.05, 4.69) is 5.32 Å². The molecule has 21 heavy (non-hydrogen) atoms. The smallest absolute Gasteiger partial charge is 0.225 e. The molecule has 2 N–H and O–H groups in total. The van der Waals surface area contributed by atoms with Gasteiger partial charge in [0.25, 0.3) is 0 Å². The number of carbonyl (C=O) groups excluding carboxylic acids is 2. The number of aliphatic hydroxyl groups is 1. The molecule has 0 aromatic carbocycles. The maximum Gasteiger partial charge on any atom is 0.225 e. The molecule has 5 nitrogen and oxygen atoms in total. The van der Waals surface area contributed by atoms with Gasteiger partial charge < -0.3 is 15.3 Å². The minimum absolute atomic E-state index is 0.0305. The number of piperidine rings is 1. The van der Waals surface area contributed by atoms with Crippen molar-refractivity contribution in [2.24, 2.45) is 11.8 Å². The summed E-state index contributed by atoms with van der Waals surface area (Å²) in [5.41, 5.74) is -0.855. The van der Waals surface area contributed by atoms with E-state index in [1.165, 1.54) is 0 Å². The summed E-state index contributed by atoms with van der Waals surface area (Å²) in [5.74, 6) is -0.117. The Hall–Kier alpha value is -1.10. The van der Waals surface area contributed by atoms with Crippen LogP contribution in [0.25, 0.3) is 0 Å². The summed E-state index contributed by atoms with van der Waals surface area (Å²) in [6, 6.07) is 0. The third kappa shape index (κ3) is 5.65. The molecule has 2 atom stereocenters. The number of amides is 2. The first kappa shape index (κ1) is 18.0. The lowest BCUT2D eigenvalue weighted by Crippen LogP contribution is -2.49. The van der Waals surface area contributed by atoms with E-state index in [1.54, 1.807) is 11.8 Å². The third-order valence-corrected chi connectivity index (χ3v) is 4.03. The molecule has 0 aromatic rings. The van der Waals surface area contributed by atoms with E-state index in [9.17, 15) is 14.7 Å². The summed E-state index contributed by atoms with van der Waals surface area (Å²) in [6.45, 7) is 9.03. The second-order valence-corrected chi connectivity index (χ2v) is 6.74. The number of carbonyl (C=O) groups is 2. The third-order valence-electron chi connectivity index (χ3n) is 4.03. The van der Waals surface area contributed by atoms with Gasteiger partial charge in [0.1, 0.15) is 0 Å². The molecule has 1 heterocycles. The van der Waals surface area contributed by atoms with Gasteiger partial charge in [-0.2, -0.15) is 0 Å². The first-order valence-electron chi connectivity index (χ1n) is 8.05. The van der Waals surface area contributed by atoms with Crippen LogP contribution in [-0.4, -0.2) is 47.1 Å². The minimum atomic E-state index is -0.855. The predicted molar refractivity (Wildman–Crippen MR) is 82.7 cm³/mol. The number of hydrogen-bond donors (Lipinski definition) is 2. The number of nitrogens with one attached hydrogen (secondary N) is 1. The molecule has 1 rings (SSSR count). The van der Waals surface area contributed by atoms with E-state index >= 15 is 0 Å². The highest BCUT2D eigenvalue weighted by Gasteiger charge is 2.30. The molecule has 0 radical (unpaired) electrons. The molecule has 0 saturated carbocycles. The lowest BCUT2D eigenvalue weighted by molar-refractivity contribution is -0.138. The molecule has 0 spiro atoms. The number of nitrogens with zero attached hydrogens (tertiary/aromatic N) is 1. The van der Waals surface area contributed by atoms with E-state index in [1.807, 2.05) is 20.8 Å². The Morgan fingerprint density at radius 1 is 1.43 bits per heavy atom. The molecule has 1 aliphatic rings. The molecule has 2 amide bonds. The van der Waals surface area contributed by atoms with Crippen molar-refractivity contribution >= 4 is 11.8 Å². The van der Waals surface area contributed by atoms with Crippen LogP contribution in [0.5, 0.6) is 0 Å². The average molecular weight is 298 g/mol. The van der Waals surface area contributed by atoms with Gasteiger partial charge in [-0.15, -0.1) is 0 Å². The van der Waals surface area contributed by atoms with Crippen LogP contribution >= 0.6 is 0 Å². The average Bonchev–Trinajstić information content (AvgIpc) is 2.44. The molecule has 5 heteroatoms. The molecule has 0 aromatic heterocycles. The topological polar surface area (TPSA) is 69.6 Å². The number of hydrogen-bond acceptors (Lipinski definition) is 3. The Kier molecular flexibility index (Phi) is 6.65. The lowest BCUT2D eigenvalue weighted by Gasteiger charge is -2.33. The monoisotopic (exact) mass is 298 g/mol. The van der Waals surface area contributed by atoms with Crippen molar-refractivity contribution in [1.82, 2.24) is 10.2 Å². The molecule has 1 saturated heterocycles. The molecular formula is C16H30N2O3. The zero-order valence-corrected chi connectivity index (χ0v) is 13.8. The highest BCUT2D eigenvalue weighted by Crippen LogP contribution is 2.19. The zero-order chi connectivity index (χ0) is 16.0. The van der Waals surface area contributed by atoms with Crippen LogP contribution in [0.1, 0.15) is 53.4 Å². The van der Waals surface area contributed by atoms with Crippen molar-refractivity contribution in [3.63, 3.8) is 0 Å². The SMILES string of the molecule is CCCC(C)(O)CNC(=O)C1CCCN(C(=O)C(C)C)C1. The lowest BCUT2D eigenvalue weighted by atomic mass is 9.95. The standard InChI is InChI=1S/C16H30N2O3/c1-5-8-16(4,21)11-17-14(19)13-7-6-9-18(10-13)15(20)12(2)3/h12-13,21H,5-11H2,1-4H3,(H,17,19). The zero-order valence-electron chi connectivity index (χ0n) is 13.8. The quantitative estimate of drug-likeness (QED) is 0.781. The minimum Gasteiger partial charge on any atom is -0.388 e. The Morgan fingerprint density at radius 2 is 2.10 bits per heavy atom. The van der Waals surface area contributed by atoms with Gasteiger partial charge in [-0.05, 0) is 26.2 Å². The van der Waals surface area contributed by atoms with Crippen molar-refractivity contribution in [2.45, 2.75) is 59.0 Å². The molecule has 1 fully saturated rings. The first-order valence-corrected chi connectivity index (χ1v) is 8.05. The number of rotatable bonds is 6. The van der Waals surface area contributed by atoms with E-state index in [-0.39, 0.29) is 30.2 Å². The van der Waals surface area contributed by atoms with E-state index in [0.29, 0.717) is 13.0 Å². The summed E-state index contributed by atoms with van der Waals surface area (Å²) in [5, 5.41) is 12.9. The fourth-order valence-electron chi connectivity index (χ4n) is 2.81. The van der Waals surface area contributed by atoms with Crippen LogP contribution in [0.3, 0.4) is 0 Å². The molecular weight excluding hydrogens is 268 g/mol. The predicted octanol–water partition coefficient (Wildman–Crippen LogP) is 1.55. The summed E-state index contributed by atoms with van der Waals surface area (Å²) >= 11 is 0. The summed E-state index contributed by atoms with van der Waals surface area (Å²) < 4.78 is 0. The van der Waals surface area contributed by atoms with Gasteiger partial charge in [0, 0.05) is 25.6 Å². The van der Waals surface area contributed by atoms with Gasteiger partial charge in [0.15, 0.2) is 0 Å². The number of likely N-dealkylation sites (tertiary alicyclic amines) is 1. The van der Waals surface area contributed by atoms with Crippen molar-refractivity contribution in [1.29, 1.82) is 0 Å². The van der Waals surface area contributed by atoms with Crippen molar-refractivity contribution in [2.75, 3.05) is 19.6 Å². The van der Waals surface area contributed by atoms with Crippen LogP contribution in [-0.2, 0) is 9.59 Å². The van der Waals surface area contributed by atoms with Crippen molar-refractivity contribution < 1.29 is 14.7 Å². The molecule has 122 valence electrons. The van der Waals surface area contributed by atoms with Crippen molar-refractivity contribution in [3.05, 3.63) is 0 Å². The van der Waals surface area contributed by atoms with E-state index < -0.39 is 5.60 Å². The van der Waals surface area contributed by atoms with Crippen LogP contribution in [0.15, 0.2) is 0 Å². The molecule has 2 unspecified atom stereocenters.